The number of ether oxygens (including phenoxy) is 1. The molecule has 7 nitrogen and oxygen atoms in total. The summed E-state index contributed by atoms with van der Waals surface area (Å²) >= 11 is 5.87. The summed E-state index contributed by atoms with van der Waals surface area (Å²) in [7, 11) is 0. The van der Waals surface area contributed by atoms with E-state index in [1.165, 1.54) is 17.0 Å². The smallest absolute Gasteiger partial charge is 0.315 e. The summed E-state index contributed by atoms with van der Waals surface area (Å²) in [5.74, 6) is -1.82. The van der Waals surface area contributed by atoms with Crippen LogP contribution in [-0.4, -0.2) is 48.9 Å². The molecule has 0 spiro atoms. The number of halogens is 2. The highest BCUT2D eigenvalue weighted by molar-refractivity contribution is 6.39. The van der Waals surface area contributed by atoms with Crippen molar-refractivity contribution in [1.82, 2.24) is 4.90 Å². The van der Waals surface area contributed by atoms with E-state index in [1.807, 2.05) is 4.90 Å². The van der Waals surface area contributed by atoms with Gasteiger partial charge in [0.15, 0.2) is 0 Å². The molecular weight excluding hydrogens is 413 g/mol. The quantitative estimate of drug-likeness (QED) is 0.449. The third-order valence-corrected chi connectivity index (χ3v) is 5.42. The van der Waals surface area contributed by atoms with Crippen LogP contribution in [0.4, 0.5) is 15.8 Å². The summed E-state index contributed by atoms with van der Waals surface area (Å²) in [6.07, 6.45) is 0.856. The maximum atomic E-state index is 13.4. The Hall–Kier alpha value is -3.13. The standard InChI is InChI=1S/C21H19ClFN3O4/c22-16-12-15(4-5-17(16)23)25-6-1-7-26(9-8-25)21(29)20(28)24-14-3-2-13-10-19(27)30-18(13)11-14/h2-5,11-12H,1,6-10H2,(H,24,28). The van der Waals surface area contributed by atoms with Gasteiger partial charge in [-0.1, -0.05) is 17.7 Å². The van der Waals surface area contributed by atoms with Crippen molar-refractivity contribution in [2.75, 3.05) is 36.4 Å². The molecule has 2 amide bonds. The number of rotatable bonds is 2. The number of amides is 2. The van der Waals surface area contributed by atoms with Crippen LogP contribution in [0.3, 0.4) is 0 Å². The number of anilines is 2. The van der Waals surface area contributed by atoms with E-state index in [2.05, 4.69) is 5.32 Å². The average Bonchev–Trinajstić information content (AvgIpc) is 2.93. The molecule has 2 heterocycles. The Bertz CT molecular complexity index is 1030. The Morgan fingerprint density at radius 1 is 1.07 bits per heavy atom. The molecule has 1 fully saturated rings. The molecule has 0 aliphatic carbocycles. The first-order chi connectivity index (χ1) is 14.4. The van der Waals surface area contributed by atoms with Gasteiger partial charge in [0.1, 0.15) is 11.6 Å². The monoisotopic (exact) mass is 431 g/mol. The minimum Gasteiger partial charge on any atom is -0.426 e. The van der Waals surface area contributed by atoms with Gasteiger partial charge in [-0.05, 0) is 30.7 Å². The molecule has 0 atom stereocenters. The fourth-order valence-electron chi connectivity index (χ4n) is 3.58. The van der Waals surface area contributed by atoms with Crippen molar-refractivity contribution in [3.05, 3.63) is 52.8 Å². The van der Waals surface area contributed by atoms with E-state index in [9.17, 15) is 18.8 Å². The largest absolute Gasteiger partial charge is 0.426 e. The van der Waals surface area contributed by atoms with Crippen molar-refractivity contribution in [3.63, 3.8) is 0 Å². The molecule has 156 valence electrons. The summed E-state index contributed by atoms with van der Waals surface area (Å²) in [4.78, 5) is 39.9. The molecule has 2 aromatic rings. The van der Waals surface area contributed by atoms with Crippen molar-refractivity contribution >= 4 is 40.8 Å². The number of carbonyl (C=O) groups is 3. The van der Waals surface area contributed by atoms with Crippen LogP contribution in [0.15, 0.2) is 36.4 Å². The number of hydrogen-bond acceptors (Lipinski definition) is 5. The number of nitrogens with one attached hydrogen (secondary N) is 1. The van der Waals surface area contributed by atoms with Crippen LogP contribution in [0.2, 0.25) is 5.02 Å². The van der Waals surface area contributed by atoms with E-state index in [4.69, 9.17) is 16.3 Å². The van der Waals surface area contributed by atoms with Gasteiger partial charge in [-0.2, -0.15) is 0 Å². The lowest BCUT2D eigenvalue weighted by Crippen LogP contribution is -2.41. The lowest BCUT2D eigenvalue weighted by atomic mass is 10.1. The molecule has 0 aromatic heterocycles. The molecule has 30 heavy (non-hydrogen) atoms. The van der Waals surface area contributed by atoms with Crippen LogP contribution < -0.4 is 15.0 Å². The molecule has 2 aliphatic heterocycles. The number of carbonyl (C=O) groups excluding carboxylic acids is 3. The first kappa shape index (κ1) is 20.2. The van der Waals surface area contributed by atoms with Crippen molar-refractivity contribution in [3.8, 4) is 5.75 Å². The van der Waals surface area contributed by atoms with Crippen molar-refractivity contribution in [2.45, 2.75) is 12.8 Å². The summed E-state index contributed by atoms with van der Waals surface area (Å²) < 4.78 is 18.5. The predicted octanol–water partition coefficient (Wildman–Crippen LogP) is 2.62. The molecule has 0 saturated carbocycles. The van der Waals surface area contributed by atoms with Gasteiger partial charge in [0, 0.05) is 49.2 Å². The molecule has 1 N–H and O–H groups in total. The highest BCUT2D eigenvalue weighted by Gasteiger charge is 2.26. The second-order valence-electron chi connectivity index (χ2n) is 7.16. The third kappa shape index (κ3) is 4.23. The van der Waals surface area contributed by atoms with Crippen molar-refractivity contribution in [2.24, 2.45) is 0 Å². The van der Waals surface area contributed by atoms with Crippen molar-refractivity contribution in [1.29, 1.82) is 0 Å². The number of nitrogens with zero attached hydrogens (tertiary/aromatic N) is 2. The molecule has 2 aromatic carbocycles. The van der Waals surface area contributed by atoms with Gasteiger partial charge in [0.2, 0.25) is 0 Å². The Morgan fingerprint density at radius 3 is 2.70 bits per heavy atom. The number of esters is 1. The van der Waals surface area contributed by atoms with Gasteiger partial charge in [-0.3, -0.25) is 14.4 Å². The van der Waals surface area contributed by atoms with E-state index in [1.54, 1.807) is 24.3 Å². The molecule has 9 heteroatoms. The average molecular weight is 432 g/mol. The Kier molecular flexibility index (Phi) is 5.59. The zero-order valence-corrected chi connectivity index (χ0v) is 16.7. The third-order valence-electron chi connectivity index (χ3n) is 5.13. The molecule has 0 radical (unpaired) electrons. The van der Waals surface area contributed by atoms with Gasteiger partial charge in [0.05, 0.1) is 11.4 Å². The van der Waals surface area contributed by atoms with Crippen LogP contribution in [0.1, 0.15) is 12.0 Å². The molecule has 0 unspecified atom stereocenters. The Labute approximate surface area is 177 Å². The molecule has 4 rings (SSSR count). The van der Waals surface area contributed by atoms with Gasteiger partial charge >= 0.3 is 17.8 Å². The van der Waals surface area contributed by atoms with E-state index in [0.717, 1.165) is 11.3 Å². The van der Waals surface area contributed by atoms with Crippen LogP contribution in [0.5, 0.6) is 5.75 Å². The fraction of sp³-hybridized carbons (Fsp3) is 0.286. The normalized spacial score (nSPS) is 16.0. The molecule has 1 saturated heterocycles. The molecular formula is C21H19ClFN3O4. The van der Waals surface area contributed by atoms with Crippen LogP contribution in [0, 0.1) is 5.82 Å². The van der Waals surface area contributed by atoms with E-state index in [-0.39, 0.29) is 17.4 Å². The van der Waals surface area contributed by atoms with Gasteiger partial charge < -0.3 is 19.9 Å². The Morgan fingerprint density at radius 2 is 1.90 bits per heavy atom. The van der Waals surface area contributed by atoms with Crippen LogP contribution in [-0.2, 0) is 20.8 Å². The lowest BCUT2D eigenvalue weighted by molar-refractivity contribution is -0.143. The van der Waals surface area contributed by atoms with Crippen LogP contribution >= 0.6 is 11.6 Å². The summed E-state index contributed by atoms with van der Waals surface area (Å²) in [5, 5.41) is 2.61. The first-order valence-electron chi connectivity index (χ1n) is 9.54. The van der Waals surface area contributed by atoms with Gasteiger partial charge in [-0.15, -0.1) is 0 Å². The minimum atomic E-state index is -0.752. The van der Waals surface area contributed by atoms with Crippen molar-refractivity contribution < 1.29 is 23.5 Å². The minimum absolute atomic E-state index is 0.0454. The second-order valence-corrected chi connectivity index (χ2v) is 7.57. The summed E-state index contributed by atoms with van der Waals surface area (Å²) in [6, 6.07) is 9.38. The number of benzene rings is 2. The van der Waals surface area contributed by atoms with E-state index < -0.39 is 17.6 Å². The highest BCUT2D eigenvalue weighted by atomic mass is 35.5. The van der Waals surface area contributed by atoms with Gasteiger partial charge in [0.25, 0.3) is 0 Å². The van der Waals surface area contributed by atoms with Crippen LogP contribution in [0.25, 0.3) is 0 Å². The molecule has 2 aliphatic rings. The summed E-state index contributed by atoms with van der Waals surface area (Å²) in [6.45, 7) is 1.93. The van der Waals surface area contributed by atoms with E-state index >= 15 is 0 Å². The zero-order valence-electron chi connectivity index (χ0n) is 16.0. The lowest BCUT2D eigenvalue weighted by Gasteiger charge is -2.23. The second kappa shape index (κ2) is 8.31. The van der Waals surface area contributed by atoms with E-state index in [0.29, 0.717) is 44.0 Å². The van der Waals surface area contributed by atoms with Gasteiger partial charge in [-0.25, -0.2) is 4.39 Å². The predicted molar refractivity (Wildman–Crippen MR) is 109 cm³/mol. The first-order valence-corrected chi connectivity index (χ1v) is 9.92. The number of fused-ring (bicyclic) bond motifs is 1. The maximum Gasteiger partial charge on any atom is 0.315 e. The molecule has 0 bridgehead atoms. The Balaban J connectivity index is 1.37. The number of hydrogen-bond donors (Lipinski definition) is 1. The SMILES string of the molecule is O=C1Cc2ccc(NC(=O)C(=O)N3CCCN(c4ccc(F)c(Cl)c4)CC3)cc2O1. The zero-order chi connectivity index (χ0) is 21.3. The summed E-state index contributed by atoms with van der Waals surface area (Å²) in [5.41, 5.74) is 1.91. The maximum absolute atomic E-state index is 13.4. The highest BCUT2D eigenvalue weighted by Crippen LogP contribution is 2.29. The topological polar surface area (TPSA) is 79.0 Å². The fourth-order valence-corrected chi connectivity index (χ4v) is 3.75.